The Bertz CT molecular complexity index is 579. The summed E-state index contributed by atoms with van der Waals surface area (Å²) in [4.78, 5) is 2.22. The van der Waals surface area contributed by atoms with Gasteiger partial charge in [-0.15, -0.1) is 0 Å². The maximum absolute atomic E-state index is 11.2. The lowest BCUT2D eigenvalue weighted by Crippen LogP contribution is -2.42. The Morgan fingerprint density at radius 3 is 2.90 bits per heavy atom. The minimum absolute atomic E-state index is 0.0126. The van der Waals surface area contributed by atoms with E-state index in [1.54, 1.807) is 6.07 Å². The fraction of sp³-hybridized carbons (Fsp3) is 0.500. The number of hydrogen-bond acceptors (Lipinski definition) is 5. The van der Waals surface area contributed by atoms with Gasteiger partial charge in [0.25, 0.3) is 0 Å². The summed E-state index contributed by atoms with van der Waals surface area (Å²) in [5, 5.41) is 5.07. The van der Waals surface area contributed by atoms with E-state index in [1.165, 1.54) is 12.1 Å². The Morgan fingerprint density at radius 2 is 2.30 bits per heavy atom. The number of sulfonamides is 1. The minimum atomic E-state index is -3.70. The van der Waals surface area contributed by atoms with Gasteiger partial charge in [-0.2, -0.15) is 0 Å². The smallest absolute Gasteiger partial charge is 0.238 e. The second-order valence-electron chi connectivity index (χ2n) is 4.70. The number of hydrogen-bond donors (Lipinski definition) is 1. The predicted molar refractivity (Wildman–Crippen MR) is 78.2 cm³/mol. The molecular formula is C12H17BrN2O4S. The van der Waals surface area contributed by atoms with E-state index < -0.39 is 10.0 Å². The van der Waals surface area contributed by atoms with Crippen molar-refractivity contribution in [1.82, 2.24) is 4.90 Å². The Hall–Kier alpha value is -0.670. The van der Waals surface area contributed by atoms with Gasteiger partial charge in [0.05, 0.1) is 16.0 Å². The van der Waals surface area contributed by atoms with E-state index in [2.05, 4.69) is 20.8 Å². The first kappa shape index (κ1) is 15.7. The average Bonchev–Trinajstić information content (AvgIpc) is 2.36. The largest absolute Gasteiger partial charge is 0.490 e. The minimum Gasteiger partial charge on any atom is -0.490 e. The van der Waals surface area contributed by atoms with Crippen LogP contribution in [0.5, 0.6) is 5.75 Å². The average molecular weight is 365 g/mol. The molecule has 2 N–H and O–H groups in total. The van der Waals surface area contributed by atoms with Gasteiger partial charge in [0.15, 0.2) is 0 Å². The van der Waals surface area contributed by atoms with Crippen molar-refractivity contribution in [2.75, 3.05) is 33.4 Å². The Labute approximate surface area is 127 Å². The highest BCUT2D eigenvalue weighted by atomic mass is 79.9. The highest BCUT2D eigenvalue weighted by Crippen LogP contribution is 2.27. The van der Waals surface area contributed by atoms with Crippen LogP contribution in [0.4, 0.5) is 0 Å². The fourth-order valence-electron chi connectivity index (χ4n) is 1.93. The van der Waals surface area contributed by atoms with Crippen molar-refractivity contribution >= 4 is 26.0 Å². The summed E-state index contributed by atoms with van der Waals surface area (Å²) in [6.45, 7) is 2.84. The lowest BCUT2D eigenvalue weighted by molar-refractivity contribution is -0.0404. The molecule has 1 atom stereocenters. The van der Waals surface area contributed by atoms with Crippen LogP contribution in [0.15, 0.2) is 27.6 Å². The highest BCUT2D eigenvalue weighted by molar-refractivity contribution is 9.10. The first-order valence-electron chi connectivity index (χ1n) is 6.11. The van der Waals surface area contributed by atoms with Gasteiger partial charge in [0.2, 0.25) is 10.0 Å². The molecule has 1 fully saturated rings. The third-order valence-corrected chi connectivity index (χ3v) is 4.53. The topological polar surface area (TPSA) is 81.9 Å². The van der Waals surface area contributed by atoms with Gasteiger partial charge in [0, 0.05) is 13.1 Å². The zero-order chi connectivity index (χ0) is 14.8. The van der Waals surface area contributed by atoms with Crippen molar-refractivity contribution in [3.63, 3.8) is 0 Å². The SMILES string of the molecule is CN1CCOC(COc2ccc(S(N)(=O)=O)cc2Br)C1. The number of benzene rings is 1. The summed E-state index contributed by atoms with van der Waals surface area (Å²) in [6, 6.07) is 4.43. The summed E-state index contributed by atoms with van der Waals surface area (Å²) in [7, 11) is -1.67. The van der Waals surface area contributed by atoms with Crippen LogP contribution in [0.3, 0.4) is 0 Å². The van der Waals surface area contributed by atoms with Crippen LogP contribution >= 0.6 is 15.9 Å². The number of likely N-dealkylation sites (N-methyl/N-ethyl adjacent to an activating group) is 1. The number of rotatable bonds is 4. The maximum atomic E-state index is 11.2. The van der Waals surface area contributed by atoms with Gasteiger partial charge >= 0.3 is 0 Å². The van der Waals surface area contributed by atoms with Crippen molar-refractivity contribution in [3.05, 3.63) is 22.7 Å². The summed E-state index contributed by atoms with van der Waals surface area (Å²) in [6.07, 6.45) is 0.0126. The van der Waals surface area contributed by atoms with Gasteiger partial charge in [-0.25, -0.2) is 13.6 Å². The molecule has 0 aromatic heterocycles. The summed E-state index contributed by atoms with van der Waals surface area (Å²) in [5.41, 5.74) is 0. The third-order valence-electron chi connectivity index (χ3n) is 3.00. The second-order valence-corrected chi connectivity index (χ2v) is 7.12. The quantitative estimate of drug-likeness (QED) is 0.854. The van der Waals surface area contributed by atoms with E-state index in [-0.39, 0.29) is 11.0 Å². The van der Waals surface area contributed by atoms with E-state index in [9.17, 15) is 8.42 Å². The van der Waals surface area contributed by atoms with Crippen molar-refractivity contribution in [2.24, 2.45) is 5.14 Å². The first-order valence-corrected chi connectivity index (χ1v) is 8.45. The van der Waals surface area contributed by atoms with E-state index in [4.69, 9.17) is 14.6 Å². The Kier molecular flexibility index (Phi) is 5.03. The highest BCUT2D eigenvalue weighted by Gasteiger charge is 2.19. The lowest BCUT2D eigenvalue weighted by Gasteiger charge is -2.29. The molecule has 0 aliphatic carbocycles. The summed E-state index contributed by atoms with van der Waals surface area (Å²) >= 11 is 3.28. The molecule has 1 aromatic rings. The molecule has 20 heavy (non-hydrogen) atoms. The predicted octanol–water partition coefficient (Wildman–Crippen LogP) is 0.806. The van der Waals surface area contributed by atoms with Crippen LogP contribution in [0.1, 0.15) is 0 Å². The number of morpholine rings is 1. The molecule has 6 nitrogen and oxygen atoms in total. The molecule has 2 rings (SSSR count). The zero-order valence-corrected chi connectivity index (χ0v) is 13.5. The van der Waals surface area contributed by atoms with Gasteiger partial charge in [-0.05, 0) is 41.2 Å². The molecule has 0 amide bonds. The molecule has 1 aliphatic heterocycles. The molecule has 0 spiro atoms. The molecule has 1 heterocycles. The number of ether oxygens (including phenoxy) is 2. The van der Waals surface area contributed by atoms with E-state index in [0.717, 1.165) is 13.1 Å². The van der Waals surface area contributed by atoms with Crippen LogP contribution < -0.4 is 9.88 Å². The van der Waals surface area contributed by atoms with Crippen LogP contribution in [-0.2, 0) is 14.8 Å². The number of halogens is 1. The summed E-state index contributed by atoms with van der Waals surface area (Å²) in [5.74, 6) is 0.564. The molecule has 0 bridgehead atoms. The Morgan fingerprint density at radius 1 is 1.55 bits per heavy atom. The summed E-state index contributed by atoms with van der Waals surface area (Å²) < 4.78 is 34.3. The molecule has 1 saturated heterocycles. The fourth-order valence-corrected chi connectivity index (χ4v) is 3.11. The normalized spacial score (nSPS) is 20.9. The van der Waals surface area contributed by atoms with E-state index in [1.807, 2.05) is 7.05 Å². The van der Waals surface area contributed by atoms with Crippen molar-refractivity contribution in [1.29, 1.82) is 0 Å². The molecule has 1 aliphatic rings. The van der Waals surface area contributed by atoms with Gasteiger partial charge < -0.3 is 14.4 Å². The lowest BCUT2D eigenvalue weighted by atomic mass is 10.3. The standard InChI is InChI=1S/C12H17BrN2O4S/c1-15-4-5-18-9(7-15)8-19-12-3-2-10(6-11(12)13)20(14,16)17/h2-3,6,9H,4-5,7-8H2,1H3,(H2,14,16,17). The number of nitrogens with zero attached hydrogens (tertiary/aromatic N) is 1. The molecule has 8 heteroatoms. The first-order chi connectivity index (χ1) is 9.36. The van der Waals surface area contributed by atoms with E-state index in [0.29, 0.717) is 23.4 Å². The maximum Gasteiger partial charge on any atom is 0.238 e. The van der Waals surface area contributed by atoms with Gasteiger partial charge in [-0.1, -0.05) is 0 Å². The molecule has 1 aromatic carbocycles. The third kappa shape index (κ3) is 4.16. The van der Waals surface area contributed by atoms with Gasteiger partial charge in [0.1, 0.15) is 18.5 Å². The molecule has 112 valence electrons. The monoisotopic (exact) mass is 364 g/mol. The second kappa shape index (κ2) is 6.40. The van der Waals surface area contributed by atoms with Crippen LogP contribution in [0.25, 0.3) is 0 Å². The van der Waals surface area contributed by atoms with Gasteiger partial charge in [-0.3, -0.25) is 0 Å². The molecule has 1 unspecified atom stereocenters. The Balaban J connectivity index is 2.00. The van der Waals surface area contributed by atoms with Crippen molar-refractivity contribution in [2.45, 2.75) is 11.0 Å². The van der Waals surface area contributed by atoms with E-state index >= 15 is 0 Å². The zero-order valence-electron chi connectivity index (χ0n) is 11.1. The van der Waals surface area contributed by atoms with Crippen LogP contribution in [0, 0.1) is 0 Å². The molecule has 0 radical (unpaired) electrons. The molecular weight excluding hydrogens is 348 g/mol. The van der Waals surface area contributed by atoms with Crippen LogP contribution in [-0.4, -0.2) is 52.8 Å². The molecule has 0 saturated carbocycles. The van der Waals surface area contributed by atoms with Crippen molar-refractivity contribution in [3.8, 4) is 5.75 Å². The number of primary sulfonamides is 1. The number of nitrogens with two attached hydrogens (primary N) is 1. The van der Waals surface area contributed by atoms with Crippen molar-refractivity contribution < 1.29 is 17.9 Å². The van der Waals surface area contributed by atoms with Crippen LogP contribution in [0.2, 0.25) is 0 Å².